The van der Waals surface area contributed by atoms with Gasteiger partial charge in [-0.3, -0.25) is 0 Å². The number of halogens is 2. The maximum atomic E-state index is 6.31. The van der Waals surface area contributed by atoms with Crippen LogP contribution < -0.4 is 10.2 Å². The van der Waals surface area contributed by atoms with E-state index in [0.717, 1.165) is 18.8 Å². The van der Waals surface area contributed by atoms with E-state index in [4.69, 9.17) is 23.2 Å². The molecule has 0 fully saturated rings. The van der Waals surface area contributed by atoms with Gasteiger partial charge in [-0.05, 0) is 24.8 Å². The third kappa shape index (κ3) is 4.16. The Morgan fingerprint density at radius 3 is 2.40 bits per heavy atom. The number of nitrogens with zero attached hydrogens (tertiary/aromatic N) is 2. The first-order valence-electron chi connectivity index (χ1n) is 7.01. The van der Waals surface area contributed by atoms with Crippen molar-refractivity contribution in [2.24, 2.45) is 5.41 Å². The van der Waals surface area contributed by atoms with Crippen LogP contribution >= 0.6 is 23.2 Å². The van der Waals surface area contributed by atoms with Crippen LogP contribution in [0.5, 0.6) is 0 Å². The van der Waals surface area contributed by atoms with Gasteiger partial charge in [-0.1, -0.05) is 50.9 Å². The second-order valence-corrected chi connectivity index (χ2v) is 7.02. The van der Waals surface area contributed by atoms with Crippen molar-refractivity contribution in [3.8, 4) is 0 Å². The number of rotatable bonds is 5. The first-order chi connectivity index (χ1) is 9.18. The van der Waals surface area contributed by atoms with Gasteiger partial charge >= 0.3 is 0 Å². The lowest BCUT2D eigenvalue weighted by Crippen LogP contribution is -2.40. The molecule has 1 N–H and O–H groups in total. The Bertz CT molecular complexity index is 455. The summed E-state index contributed by atoms with van der Waals surface area (Å²) in [4.78, 5) is 6.70. The lowest BCUT2D eigenvalue weighted by atomic mass is 9.87. The normalized spacial score (nSPS) is 13.2. The fraction of sp³-hybridized carbons (Fsp3) is 0.667. The molecule has 0 spiro atoms. The quantitative estimate of drug-likeness (QED) is 0.820. The van der Waals surface area contributed by atoms with Crippen LogP contribution in [0.25, 0.3) is 0 Å². The molecule has 5 heteroatoms. The van der Waals surface area contributed by atoms with Crippen LogP contribution in [0.2, 0.25) is 10.0 Å². The summed E-state index contributed by atoms with van der Waals surface area (Å²) in [5, 5.41) is 4.37. The van der Waals surface area contributed by atoms with Gasteiger partial charge in [-0.25, -0.2) is 4.98 Å². The number of hydrogen-bond donors (Lipinski definition) is 1. The number of pyridine rings is 1. The third-order valence-corrected chi connectivity index (χ3v) is 4.19. The van der Waals surface area contributed by atoms with Crippen molar-refractivity contribution < 1.29 is 0 Å². The van der Waals surface area contributed by atoms with Crippen molar-refractivity contribution in [3.63, 3.8) is 0 Å². The average molecular weight is 318 g/mol. The zero-order valence-electron chi connectivity index (χ0n) is 13.2. The molecule has 0 aliphatic carbocycles. The second-order valence-electron chi connectivity index (χ2n) is 6.20. The van der Waals surface area contributed by atoms with Gasteiger partial charge in [-0.15, -0.1) is 0 Å². The van der Waals surface area contributed by atoms with E-state index >= 15 is 0 Å². The Hall–Kier alpha value is -0.670. The largest absolute Gasteiger partial charge is 0.369 e. The van der Waals surface area contributed by atoms with Gasteiger partial charge in [0.05, 0.1) is 10.0 Å². The molecule has 1 atom stereocenters. The van der Waals surface area contributed by atoms with E-state index in [1.807, 2.05) is 7.05 Å². The van der Waals surface area contributed by atoms with Gasteiger partial charge in [0.25, 0.3) is 0 Å². The van der Waals surface area contributed by atoms with Gasteiger partial charge in [-0.2, -0.15) is 0 Å². The maximum absolute atomic E-state index is 6.31. The van der Waals surface area contributed by atoms with Gasteiger partial charge in [0.2, 0.25) is 0 Å². The Morgan fingerprint density at radius 2 is 1.90 bits per heavy atom. The van der Waals surface area contributed by atoms with E-state index < -0.39 is 0 Å². The molecule has 3 nitrogen and oxygen atoms in total. The minimum absolute atomic E-state index is 0.135. The van der Waals surface area contributed by atoms with E-state index in [9.17, 15) is 0 Å². The smallest absolute Gasteiger partial charge is 0.149 e. The lowest BCUT2D eigenvalue weighted by molar-refractivity contribution is 0.328. The molecule has 1 unspecified atom stereocenters. The minimum atomic E-state index is 0.135. The Balaban J connectivity index is 3.11. The van der Waals surface area contributed by atoms with Crippen LogP contribution in [0.1, 0.15) is 41.0 Å². The molecule has 0 aliphatic heterocycles. The van der Waals surface area contributed by atoms with Crippen LogP contribution in [-0.2, 0) is 0 Å². The lowest BCUT2D eigenvalue weighted by Gasteiger charge is -2.36. The standard InChI is InChI=1S/C15H25Cl2N3/c1-7-8-18-13-11(16)9-12(17)14(19-13)20(6)10(2)15(3,4)5/h9-10H,7-8H2,1-6H3,(H,18,19). The monoisotopic (exact) mass is 317 g/mol. The van der Waals surface area contributed by atoms with Crippen LogP contribution in [-0.4, -0.2) is 24.6 Å². The van der Waals surface area contributed by atoms with Crippen LogP contribution in [0.4, 0.5) is 11.6 Å². The second kappa shape index (κ2) is 6.86. The molecule has 1 heterocycles. The summed E-state index contributed by atoms with van der Waals surface area (Å²) in [7, 11) is 2.02. The van der Waals surface area contributed by atoms with Crippen molar-refractivity contribution in [1.29, 1.82) is 0 Å². The van der Waals surface area contributed by atoms with E-state index in [1.165, 1.54) is 0 Å². The highest BCUT2D eigenvalue weighted by atomic mass is 35.5. The number of aromatic nitrogens is 1. The van der Waals surface area contributed by atoms with Crippen molar-refractivity contribution in [3.05, 3.63) is 16.1 Å². The summed E-state index contributed by atoms with van der Waals surface area (Å²) >= 11 is 12.5. The molecule has 0 saturated heterocycles. The highest BCUT2D eigenvalue weighted by molar-refractivity contribution is 6.37. The number of hydrogen-bond acceptors (Lipinski definition) is 3. The Kier molecular flexibility index (Phi) is 5.96. The van der Waals surface area contributed by atoms with Crippen molar-refractivity contribution in [1.82, 2.24) is 4.98 Å². The molecular formula is C15H25Cl2N3. The van der Waals surface area contributed by atoms with Gasteiger partial charge in [0, 0.05) is 19.6 Å². The first-order valence-corrected chi connectivity index (χ1v) is 7.76. The molecule has 0 aliphatic rings. The Labute approximate surface area is 132 Å². The zero-order valence-corrected chi connectivity index (χ0v) is 14.7. The molecule has 0 bridgehead atoms. The number of anilines is 2. The summed E-state index contributed by atoms with van der Waals surface area (Å²) in [6.07, 6.45) is 1.02. The molecule has 0 saturated carbocycles. The van der Waals surface area contributed by atoms with Crippen molar-refractivity contribution in [2.75, 3.05) is 23.8 Å². The van der Waals surface area contributed by atoms with Crippen molar-refractivity contribution in [2.45, 2.75) is 47.1 Å². The highest BCUT2D eigenvalue weighted by Gasteiger charge is 2.26. The predicted octanol–water partition coefficient (Wildman–Crippen LogP) is 5.08. The molecule has 114 valence electrons. The van der Waals surface area contributed by atoms with Gasteiger partial charge < -0.3 is 10.2 Å². The molecular weight excluding hydrogens is 293 g/mol. The molecule has 0 aromatic carbocycles. The van der Waals surface area contributed by atoms with E-state index in [-0.39, 0.29) is 5.41 Å². The molecule has 1 aromatic heterocycles. The molecule has 20 heavy (non-hydrogen) atoms. The van der Waals surface area contributed by atoms with E-state index in [0.29, 0.717) is 21.9 Å². The molecule has 0 radical (unpaired) electrons. The Morgan fingerprint density at radius 1 is 1.30 bits per heavy atom. The average Bonchev–Trinajstić information content (AvgIpc) is 2.35. The van der Waals surface area contributed by atoms with Crippen LogP contribution in [0.3, 0.4) is 0 Å². The van der Waals surface area contributed by atoms with Gasteiger partial charge in [0.15, 0.2) is 0 Å². The van der Waals surface area contributed by atoms with E-state index in [2.05, 4.69) is 49.8 Å². The minimum Gasteiger partial charge on any atom is -0.369 e. The summed E-state index contributed by atoms with van der Waals surface area (Å²) in [6, 6.07) is 2.06. The fourth-order valence-corrected chi connectivity index (χ4v) is 2.39. The highest BCUT2D eigenvalue weighted by Crippen LogP contribution is 2.34. The first kappa shape index (κ1) is 17.4. The molecule has 0 amide bonds. The summed E-state index contributed by atoms with van der Waals surface area (Å²) in [5.74, 6) is 1.46. The summed E-state index contributed by atoms with van der Waals surface area (Å²) < 4.78 is 0. The van der Waals surface area contributed by atoms with Crippen molar-refractivity contribution >= 4 is 34.8 Å². The SMILES string of the molecule is CCCNc1nc(N(C)C(C)C(C)(C)C)c(Cl)cc1Cl. The molecule has 1 rings (SSSR count). The van der Waals surface area contributed by atoms with Crippen LogP contribution in [0, 0.1) is 5.41 Å². The van der Waals surface area contributed by atoms with E-state index in [1.54, 1.807) is 6.07 Å². The summed E-state index contributed by atoms with van der Waals surface area (Å²) in [5.41, 5.74) is 0.135. The predicted molar refractivity (Wildman–Crippen MR) is 90.4 cm³/mol. The molecule has 1 aromatic rings. The van der Waals surface area contributed by atoms with Gasteiger partial charge in [0.1, 0.15) is 11.6 Å². The maximum Gasteiger partial charge on any atom is 0.149 e. The summed E-state index contributed by atoms with van der Waals surface area (Å²) in [6.45, 7) is 11.7. The fourth-order valence-electron chi connectivity index (χ4n) is 1.84. The topological polar surface area (TPSA) is 28.2 Å². The van der Waals surface area contributed by atoms with Crippen LogP contribution in [0.15, 0.2) is 6.07 Å². The number of nitrogens with one attached hydrogen (secondary N) is 1. The zero-order chi connectivity index (χ0) is 15.5. The third-order valence-electron chi connectivity index (χ3n) is 3.62.